The zero-order valence-corrected chi connectivity index (χ0v) is 29.3. The van der Waals surface area contributed by atoms with E-state index in [4.69, 9.17) is 14.7 Å². The summed E-state index contributed by atoms with van der Waals surface area (Å²) in [7, 11) is -3.95. The van der Waals surface area contributed by atoms with Crippen molar-refractivity contribution in [2.45, 2.75) is 44.7 Å². The van der Waals surface area contributed by atoms with E-state index in [0.717, 1.165) is 33.6 Å². The fraction of sp³-hybridized carbons (Fsp3) is 0.263. The average molecular weight is 690 g/mol. The summed E-state index contributed by atoms with van der Waals surface area (Å²) >= 11 is 0. The normalized spacial score (nSPS) is 13.9. The standard InChI is InChI=1S/C38H39N7O4S/c1-27-10-13-32(14-11-27)50(47,48)45-26-34(31-23-41-44(25-31)24-28-8-6-5-7-9-28)33-20-30(22-40-36(33)45)29-12-15-35(39-21-29)42-16-18-43(19-17-42)37(46)49-38(2,3)4/h5-15,20-23,25-26H,16-19,24H2,1-4H3. The molecule has 1 aliphatic rings. The monoisotopic (exact) mass is 689 g/mol. The third kappa shape index (κ3) is 6.84. The fourth-order valence-corrected chi connectivity index (χ4v) is 7.35. The summed E-state index contributed by atoms with van der Waals surface area (Å²) in [5.41, 5.74) is 5.00. The van der Waals surface area contributed by atoms with Crippen LogP contribution in [0.5, 0.6) is 0 Å². The largest absolute Gasteiger partial charge is 0.444 e. The molecule has 0 saturated carbocycles. The maximum absolute atomic E-state index is 14.0. The molecule has 50 heavy (non-hydrogen) atoms. The van der Waals surface area contributed by atoms with Gasteiger partial charge in [0.2, 0.25) is 0 Å². The Bertz CT molecular complexity index is 2250. The molecule has 0 unspecified atom stereocenters. The summed E-state index contributed by atoms with van der Waals surface area (Å²) < 4.78 is 36.6. The molecule has 1 aliphatic heterocycles. The third-order valence-electron chi connectivity index (χ3n) is 8.66. The molecule has 256 valence electrons. The van der Waals surface area contributed by atoms with Crippen LogP contribution in [0.3, 0.4) is 0 Å². The molecule has 0 N–H and O–H groups in total. The van der Waals surface area contributed by atoms with Crippen LogP contribution in [0.25, 0.3) is 33.3 Å². The third-order valence-corrected chi connectivity index (χ3v) is 10.3. The van der Waals surface area contributed by atoms with Gasteiger partial charge in [0.1, 0.15) is 11.4 Å². The van der Waals surface area contributed by atoms with Crippen molar-refractivity contribution in [3.63, 3.8) is 0 Å². The molecular formula is C38H39N7O4S. The molecule has 2 aromatic carbocycles. The van der Waals surface area contributed by atoms with Crippen LogP contribution in [0.2, 0.25) is 0 Å². The number of piperazine rings is 1. The topological polar surface area (TPSA) is 115 Å². The van der Waals surface area contributed by atoms with Crippen LogP contribution in [0, 0.1) is 6.92 Å². The number of ether oxygens (including phenoxy) is 1. The lowest BCUT2D eigenvalue weighted by Gasteiger charge is -2.36. The van der Waals surface area contributed by atoms with Crippen LogP contribution in [0.15, 0.2) is 109 Å². The van der Waals surface area contributed by atoms with E-state index >= 15 is 0 Å². The van der Waals surface area contributed by atoms with E-state index in [1.54, 1.807) is 54.0 Å². The Morgan fingerprint density at radius 1 is 0.820 bits per heavy atom. The van der Waals surface area contributed by atoms with E-state index in [1.165, 1.54) is 3.97 Å². The van der Waals surface area contributed by atoms with Crippen LogP contribution in [-0.4, -0.2) is 74.9 Å². The number of nitrogens with zero attached hydrogens (tertiary/aromatic N) is 7. The summed E-state index contributed by atoms with van der Waals surface area (Å²) in [5.74, 6) is 0.813. The van der Waals surface area contributed by atoms with Gasteiger partial charge in [-0.15, -0.1) is 0 Å². The highest BCUT2D eigenvalue weighted by Crippen LogP contribution is 2.35. The van der Waals surface area contributed by atoms with Crippen molar-refractivity contribution in [2.75, 3.05) is 31.1 Å². The molecule has 0 radical (unpaired) electrons. The number of pyridine rings is 2. The smallest absolute Gasteiger partial charge is 0.410 e. The van der Waals surface area contributed by atoms with E-state index < -0.39 is 15.6 Å². The maximum atomic E-state index is 14.0. The van der Waals surface area contributed by atoms with Crippen molar-refractivity contribution in [1.82, 2.24) is 28.6 Å². The number of aromatic nitrogens is 5. The van der Waals surface area contributed by atoms with Gasteiger partial charge < -0.3 is 14.5 Å². The Kier molecular flexibility index (Phi) is 8.65. The molecule has 1 amide bonds. The molecule has 4 aromatic heterocycles. The number of amides is 1. The quantitative estimate of drug-likeness (QED) is 0.184. The Labute approximate surface area is 291 Å². The second kappa shape index (κ2) is 13.1. The second-order valence-corrected chi connectivity index (χ2v) is 15.3. The molecule has 0 atom stereocenters. The SMILES string of the molecule is Cc1ccc(S(=O)(=O)n2cc(-c3cnn(Cc4ccccc4)c3)c3cc(-c4ccc(N5CCN(C(=O)OC(C)(C)C)CC5)nc4)cnc32)cc1. The molecule has 1 fully saturated rings. The Hall–Kier alpha value is -5.49. The van der Waals surface area contributed by atoms with Gasteiger partial charge in [-0.2, -0.15) is 5.10 Å². The van der Waals surface area contributed by atoms with Gasteiger partial charge in [0.05, 0.1) is 17.6 Å². The first-order chi connectivity index (χ1) is 23.9. The molecule has 0 bridgehead atoms. The van der Waals surface area contributed by atoms with Gasteiger partial charge in [0.15, 0.2) is 5.65 Å². The summed E-state index contributed by atoms with van der Waals surface area (Å²) in [4.78, 5) is 26.0. The molecule has 11 nitrogen and oxygen atoms in total. The highest BCUT2D eigenvalue weighted by Gasteiger charge is 2.27. The van der Waals surface area contributed by atoms with Gasteiger partial charge in [0, 0.05) is 78.6 Å². The van der Waals surface area contributed by atoms with Gasteiger partial charge in [0.25, 0.3) is 10.0 Å². The van der Waals surface area contributed by atoms with Crippen molar-refractivity contribution in [3.05, 3.63) is 115 Å². The zero-order valence-electron chi connectivity index (χ0n) is 28.5. The van der Waals surface area contributed by atoms with Crippen LogP contribution in [0.4, 0.5) is 10.6 Å². The Balaban J connectivity index is 1.20. The number of aryl methyl sites for hydroxylation is 1. The van der Waals surface area contributed by atoms with E-state index in [-0.39, 0.29) is 11.0 Å². The summed E-state index contributed by atoms with van der Waals surface area (Å²) in [6, 6.07) is 22.8. The van der Waals surface area contributed by atoms with Crippen LogP contribution in [-0.2, 0) is 21.3 Å². The number of anilines is 1. The predicted octanol–water partition coefficient (Wildman–Crippen LogP) is 6.61. The number of carbonyl (C=O) groups is 1. The minimum absolute atomic E-state index is 0.184. The van der Waals surface area contributed by atoms with E-state index in [0.29, 0.717) is 49.3 Å². The van der Waals surface area contributed by atoms with Crippen molar-refractivity contribution < 1.29 is 17.9 Å². The molecule has 12 heteroatoms. The fourth-order valence-electron chi connectivity index (χ4n) is 6.02. The lowest BCUT2D eigenvalue weighted by atomic mass is 10.1. The van der Waals surface area contributed by atoms with Crippen molar-refractivity contribution in [1.29, 1.82) is 0 Å². The Morgan fingerprint density at radius 2 is 1.54 bits per heavy atom. The molecule has 1 saturated heterocycles. The molecule has 7 rings (SSSR count). The summed E-state index contributed by atoms with van der Waals surface area (Å²) in [5, 5.41) is 5.27. The number of hydrogen-bond donors (Lipinski definition) is 0. The van der Waals surface area contributed by atoms with Crippen molar-refractivity contribution in [3.8, 4) is 22.3 Å². The highest BCUT2D eigenvalue weighted by molar-refractivity contribution is 7.90. The number of rotatable bonds is 7. The zero-order chi connectivity index (χ0) is 35.0. The van der Waals surface area contributed by atoms with Crippen LogP contribution >= 0.6 is 0 Å². The second-order valence-electron chi connectivity index (χ2n) is 13.5. The van der Waals surface area contributed by atoms with Crippen LogP contribution in [0.1, 0.15) is 31.9 Å². The van der Waals surface area contributed by atoms with E-state index in [2.05, 4.69) is 10.00 Å². The highest BCUT2D eigenvalue weighted by atomic mass is 32.2. The van der Waals surface area contributed by atoms with Crippen molar-refractivity contribution >= 4 is 33.0 Å². The Morgan fingerprint density at radius 3 is 2.22 bits per heavy atom. The van der Waals surface area contributed by atoms with Gasteiger partial charge in [-0.25, -0.2) is 27.2 Å². The average Bonchev–Trinajstić information content (AvgIpc) is 3.73. The van der Waals surface area contributed by atoms with Crippen molar-refractivity contribution in [2.24, 2.45) is 0 Å². The number of carbonyl (C=O) groups excluding carboxylic acids is 1. The number of hydrogen-bond acceptors (Lipinski definition) is 8. The minimum Gasteiger partial charge on any atom is -0.444 e. The molecule has 0 spiro atoms. The van der Waals surface area contributed by atoms with E-state index in [1.807, 2.05) is 87.1 Å². The summed E-state index contributed by atoms with van der Waals surface area (Å²) in [6.07, 6.45) is 8.51. The van der Waals surface area contributed by atoms with Crippen LogP contribution < -0.4 is 4.90 Å². The van der Waals surface area contributed by atoms with Gasteiger partial charge in [-0.3, -0.25) is 4.68 Å². The maximum Gasteiger partial charge on any atom is 0.410 e. The first kappa shape index (κ1) is 33.0. The first-order valence-electron chi connectivity index (χ1n) is 16.5. The first-order valence-corrected chi connectivity index (χ1v) is 18.0. The van der Waals surface area contributed by atoms with Gasteiger partial charge in [-0.1, -0.05) is 48.0 Å². The molecular weight excluding hydrogens is 651 g/mol. The van der Waals surface area contributed by atoms with Gasteiger partial charge >= 0.3 is 6.09 Å². The lowest BCUT2D eigenvalue weighted by molar-refractivity contribution is 0.0240. The predicted molar refractivity (Wildman–Crippen MR) is 194 cm³/mol. The number of benzene rings is 2. The molecule has 6 aromatic rings. The molecule has 0 aliphatic carbocycles. The lowest BCUT2D eigenvalue weighted by Crippen LogP contribution is -2.50. The van der Waals surface area contributed by atoms with Gasteiger partial charge in [-0.05, 0) is 63.6 Å². The minimum atomic E-state index is -3.95. The molecule has 5 heterocycles. The van der Waals surface area contributed by atoms with E-state index in [9.17, 15) is 13.2 Å². The summed E-state index contributed by atoms with van der Waals surface area (Å²) in [6.45, 7) is 10.5. The number of fused-ring (bicyclic) bond motifs is 1.